The second-order valence-electron chi connectivity index (χ2n) is 4.00. The molecule has 18 heavy (non-hydrogen) atoms. The number of ether oxygens (including phenoxy) is 1. The fraction of sp³-hybridized carbons (Fsp3) is 0.417. The van der Waals surface area contributed by atoms with E-state index < -0.39 is 5.97 Å². The van der Waals surface area contributed by atoms with Crippen LogP contribution in [0.4, 0.5) is 0 Å². The van der Waals surface area contributed by atoms with Gasteiger partial charge in [-0.1, -0.05) is 22.0 Å². The van der Waals surface area contributed by atoms with Gasteiger partial charge in [-0.3, -0.25) is 4.90 Å². The van der Waals surface area contributed by atoms with Crippen LogP contribution in [-0.4, -0.2) is 42.3 Å². The van der Waals surface area contributed by atoms with Crippen molar-refractivity contribution in [1.29, 1.82) is 0 Å². The number of morpholine rings is 1. The molecule has 1 fully saturated rings. The number of nitrogens with zero attached hydrogens (tertiary/aromatic N) is 1. The second-order valence-corrected chi connectivity index (χ2v) is 4.85. The number of carboxylic acid groups (broad SMARTS) is 1. The van der Waals surface area contributed by atoms with E-state index >= 15 is 0 Å². The van der Waals surface area contributed by atoms with Crippen molar-refractivity contribution in [1.82, 2.24) is 4.90 Å². The number of carboxylic acids is 1. The van der Waals surface area contributed by atoms with Gasteiger partial charge in [0.2, 0.25) is 0 Å². The summed E-state index contributed by atoms with van der Waals surface area (Å²) in [5.74, 6) is -0.899. The fourth-order valence-corrected chi connectivity index (χ4v) is 2.31. The number of hydrogen-bond acceptors (Lipinski definition) is 3. The molecule has 0 spiro atoms. The Labute approximate surface area is 120 Å². The van der Waals surface area contributed by atoms with E-state index in [1.807, 2.05) is 6.07 Å². The molecule has 2 rings (SSSR count). The molecule has 1 aromatic carbocycles. The van der Waals surface area contributed by atoms with Crippen molar-refractivity contribution in [3.63, 3.8) is 0 Å². The molecule has 0 amide bonds. The first kappa shape index (κ1) is 15.4. The summed E-state index contributed by atoms with van der Waals surface area (Å²) in [6, 6.07) is 5.16. The molecular formula is C12H15BrClNO3. The molecule has 0 unspecified atom stereocenters. The lowest BCUT2D eigenvalue weighted by molar-refractivity contribution is 0.0341. The number of rotatable bonds is 3. The summed E-state index contributed by atoms with van der Waals surface area (Å²) in [6.07, 6.45) is 0. The molecule has 0 saturated carbocycles. The maximum Gasteiger partial charge on any atom is 0.335 e. The van der Waals surface area contributed by atoms with Gasteiger partial charge >= 0.3 is 5.97 Å². The van der Waals surface area contributed by atoms with Crippen molar-refractivity contribution in [2.75, 3.05) is 26.3 Å². The van der Waals surface area contributed by atoms with Crippen molar-refractivity contribution in [3.8, 4) is 0 Å². The van der Waals surface area contributed by atoms with E-state index in [-0.39, 0.29) is 12.4 Å². The van der Waals surface area contributed by atoms with E-state index in [4.69, 9.17) is 9.84 Å². The highest BCUT2D eigenvalue weighted by Crippen LogP contribution is 2.20. The molecule has 6 heteroatoms. The Kier molecular flexibility index (Phi) is 6.08. The zero-order valence-electron chi connectivity index (χ0n) is 9.76. The highest BCUT2D eigenvalue weighted by Gasteiger charge is 2.13. The molecule has 100 valence electrons. The summed E-state index contributed by atoms with van der Waals surface area (Å²) in [4.78, 5) is 13.1. The molecule has 1 heterocycles. The molecule has 1 saturated heterocycles. The number of aromatic carboxylic acids is 1. The Morgan fingerprint density at radius 2 is 2.06 bits per heavy atom. The van der Waals surface area contributed by atoms with E-state index in [0.29, 0.717) is 5.56 Å². The SMILES string of the molecule is Cl.O=C(O)c1ccc(CN2CCOCC2)c(Br)c1. The van der Waals surface area contributed by atoms with Gasteiger partial charge in [-0.05, 0) is 17.7 Å². The van der Waals surface area contributed by atoms with Crippen LogP contribution in [0.25, 0.3) is 0 Å². The summed E-state index contributed by atoms with van der Waals surface area (Å²) in [5, 5.41) is 8.87. The standard InChI is InChI=1S/C12H14BrNO3.ClH/c13-11-7-9(12(15)16)1-2-10(11)8-14-3-5-17-6-4-14;/h1-2,7H,3-6,8H2,(H,15,16);1H. The molecule has 0 aliphatic carbocycles. The van der Waals surface area contributed by atoms with Crippen LogP contribution in [0.5, 0.6) is 0 Å². The van der Waals surface area contributed by atoms with Crippen LogP contribution in [0.3, 0.4) is 0 Å². The molecular weight excluding hydrogens is 321 g/mol. The number of benzene rings is 1. The maximum atomic E-state index is 10.8. The molecule has 0 radical (unpaired) electrons. The fourth-order valence-electron chi connectivity index (χ4n) is 1.81. The molecule has 1 N–H and O–H groups in total. The summed E-state index contributed by atoms with van der Waals surface area (Å²) >= 11 is 3.42. The van der Waals surface area contributed by atoms with Crippen LogP contribution in [0.2, 0.25) is 0 Å². The van der Waals surface area contributed by atoms with E-state index in [1.165, 1.54) is 0 Å². The minimum absolute atomic E-state index is 0. The Morgan fingerprint density at radius 1 is 1.39 bits per heavy atom. The molecule has 1 aliphatic rings. The maximum absolute atomic E-state index is 10.8. The smallest absolute Gasteiger partial charge is 0.335 e. The summed E-state index contributed by atoms with van der Waals surface area (Å²) in [7, 11) is 0. The van der Waals surface area contributed by atoms with Crippen LogP contribution in [-0.2, 0) is 11.3 Å². The van der Waals surface area contributed by atoms with Crippen LogP contribution in [0.1, 0.15) is 15.9 Å². The monoisotopic (exact) mass is 335 g/mol. The predicted octanol–water partition coefficient (Wildman–Crippen LogP) is 2.40. The normalized spacial score (nSPS) is 16.1. The first-order valence-corrected chi connectivity index (χ1v) is 6.28. The van der Waals surface area contributed by atoms with Gasteiger partial charge in [-0.2, -0.15) is 0 Å². The average molecular weight is 337 g/mol. The van der Waals surface area contributed by atoms with Gasteiger partial charge in [-0.15, -0.1) is 12.4 Å². The minimum Gasteiger partial charge on any atom is -0.478 e. The highest BCUT2D eigenvalue weighted by molar-refractivity contribution is 9.10. The van der Waals surface area contributed by atoms with Crippen molar-refractivity contribution in [3.05, 3.63) is 33.8 Å². The number of carbonyl (C=O) groups is 1. The Bertz CT molecular complexity index is 422. The van der Waals surface area contributed by atoms with Crippen molar-refractivity contribution in [2.45, 2.75) is 6.54 Å². The van der Waals surface area contributed by atoms with Crippen LogP contribution < -0.4 is 0 Å². The molecule has 4 nitrogen and oxygen atoms in total. The van der Waals surface area contributed by atoms with Gasteiger partial charge < -0.3 is 9.84 Å². The Balaban J connectivity index is 0.00000162. The van der Waals surface area contributed by atoms with Crippen LogP contribution in [0.15, 0.2) is 22.7 Å². The molecule has 1 aromatic rings. The van der Waals surface area contributed by atoms with Crippen LogP contribution in [0, 0.1) is 0 Å². The predicted molar refractivity (Wildman–Crippen MR) is 74.4 cm³/mol. The minimum atomic E-state index is -0.899. The summed E-state index contributed by atoms with van der Waals surface area (Å²) in [5.41, 5.74) is 1.42. The van der Waals surface area contributed by atoms with Gasteiger partial charge in [0, 0.05) is 24.1 Å². The molecule has 0 atom stereocenters. The van der Waals surface area contributed by atoms with Crippen molar-refractivity contribution >= 4 is 34.3 Å². The topological polar surface area (TPSA) is 49.8 Å². The van der Waals surface area contributed by atoms with Gasteiger partial charge in [0.25, 0.3) is 0 Å². The van der Waals surface area contributed by atoms with Gasteiger partial charge in [0.15, 0.2) is 0 Å². The lowest BCUT2D eigenvalue weighted by Gasteiger charge is -2.26. The van der Waals surface area contributed by atoms with E-state index in [0.717, 1.165) is 42.9 Å². The third kappa shape index (κ3) is 3.95. The van der Waals surface area contributed by atoms with Gasteiger partial charge in [-0.25, -0.2) is 4.79 Å². The number of halogens is 2. The average Bonchev–Trinajstić information content (AvgIpc) is 2.33. The van der Waals surface area contributed by atoms with Crippen molar-refractivity contribution < 1.29 is 14.6 Å². The Morgan fingerprint density at radius 3 is 2.61 bits per heavy atom. The second kappa shape index (κ2) is 7.09. The lowest BCUT2D eigenvalue weighted by Crippen LogP contribution is -2.35. The van der Waals surface area contributed by atoms with E-state index in [9.17, 15) is 4.79 Å². The largest absolute Gasteiger partial charge is 0.478 e. The van der Waals surface area contributed by atoms with Gasteiger partial charge in [0.1, 0.15) is 0 Å². The highest BCUT2D eigenvalue weighted by atomic mass is 79.9. The van der Waals surface area contributed by atoms with Crippen molar-refractivity contribution in [2.24, 2.45) is 0 Å². The first-order chi connectivity index (χ1) is 8.16. The Hall–Kier alpha value is -0.620. The van der Waals surface area contributed by atoms with E-state index in [1.54, 1.807) is 12.1 Å². The lowest BCUT2D eigenvalue weighted by atomic mass is 10.1. The van der Waals surface area contributed by atoms with Gasteiger partial charge in [0.05, 0.1) is 18.8 Å². The quantitative estimate of drug-likeness (QED) is 0.921. The molecule has 0 bridgehead atoms. The molecule has 1 aliphatic heterocycles. The number of hydrogen-bond donors (Lipinski definition) is 1. The molecule has 0 aromatic heterocycles. The van der Waals surface area contributed by atoms with E-state index in [2.05, 4.69) is 20.8 Å². The summed E-state index contributed by atoms with van der Waals surface area (Å²) < 4.78 is 6.14. The van der Waals surface area contributed by atoms with Crippen LogP contribution >= 0.6 is 28.3 Å². The zero-order valence-corrected chi connectivity index (χ0v) is 12.2. The third-order valence-corrected chi connectivity index (χ3v) is 3.54. The third-order valence-electron chi connectivity index (χ3n) is 2.80. The zero-order chi connectivity index (χ0) is 12.3. The first-order valence-electron chi connectivity index (χ1n) is 5.48. The summed E-state index contributed by atoms with van der Waals surface area (Å²) in [6.45, 7) is 4.21.